The van der Waals surface area contributed by atoms with E-state index in [9.17, 15) is 4.79 Å². The molecule has 1 atom stereocenters. The third-order valence-electron chi connectivity index (χ3n) is 6.45. The van der Waals surface area contributed by atoms with Crippen LogP contribution in [0.15, 0.2) is 73.1 Å². The predicted molar refractivity (Wildman–Crippen MR) is 147 cm³/mol. The number of amides is 1. The number of halogens is 1. The summed E-state index contributed by atoms with van der Waals surface area (Å²) in [5, 5.41) is 1.24. The monoisotopic (exact) mass is 516 g/mol. The number of nitrogens with zero attached hydrogens (tertiary/aromatic N) is 5. The molecule has 8 nitrogen and oxygen atoms in total. The number of hydrogen-bond donors (Lipinski definition) is 1. The summed E-state index contributed by atoms with van der Waals surface area (Å²) in [6.45, 7) is 1.90. The smallest absolute Gasteiger partial charge is 0.246 e. The Balaban J connectivity index is 1.45. The molecule has 2 N–H and O–H groups in total. The van der Waals surface area contributed by atoms with E-state index in [1.54, 1.807) is 6.08 Å². The maximum absolute atomic E-state index is 12.7. The van der Waals surface area contributed by atoms with Crippen LogP contribution >= 0.6 is 11.6 Å². The van der Waals surface area contributed by atoms with Crippen molar-refractivity contribution in [2.45, 2.75) is 12.5 Å². The second kappa shape index (κ2) is 10.6. The van der Waals surface area contributed by atoms with Crippen LogP contribution in [0.3, 0.4) is 0 Å². The molecule has 5 rings (SSSR count). The van der Waals surface area contributed by atoms with Gasteiger partial charge < -0.3 is 24.8 Å². The third kappa shape index (κ3) is 5.16. The van der Waals surface area contributed by atoms with Gasteiger partial charge in [-0.15, -0.1) is 0 Å². The molecule has 190 valence electrons. The Hall–Kier alpha value is -3.88. The molecule has 0 radical (unpaired) electrons. The molecule has 37 heavy (non-hydrogen) atoms. The fraction of sp³-hybridized carbons (Fsp3) is 0.250. The lowest BCUT2D eigenvalue weighted by atomic mass is 10.1. The van der Waals surface area contributed by atoms with Crippen molar-refractivity contribution in [2.75, 3.05) is 39.5 Å². The molecule has 0 saturated carbocycles. The van der Waals surface area contributed by atoms with Gasteiger partial charge in [0.1, 0.15) is 34.4 Å². The lowest BCUT2D eigenvalue weighted by molar-refractivity contribution is -0.125. The molecule has 0 unspecified atom stereocenters. The zero-order valence-electron chi connectivity index (χ0n) is 20.8. The minimum Gasteiger partial charge on any atom is -0.457 e. The summed E-state index contributed by atoms with van der Waals surface area (Å²) in [7, 11) is 3.93. The maximum Gasteiger partial charge on any atom is 0.246 e. The van der Waals surface area contributed by atoms with Gasteiger partial charge in [0.2, 0.25) is 5.91 Å². The number of carbonyl (C=O) groups excluding carboxylic acids is 1. The second-order valence-electron chi connectivity index (χ2n) is 9.32. The highest BCUT2D eigenvalue weighted by Crippen LogP contribution is 2.43. The van der Waals surface area contributed by atoms with Gasteiger partial charge in [-0.05, 0) is 50.3 Å². The number of hydrogen-bond acceptors (Lipinski definition) is 6. The number of carbonyl (C=O) groups is 1. The highest BCUT2D eigenvalue weighted by Gasteiger charge is 2.31. The van der Waals surface area contributed by atoms with Crippen LogP contribution in [0.25, 0.3) is 22.2 Å². The molecular weight excluding hydrogens is 488 g/mol. The van der Waals surface area contributed by atoms with Crippen LogP contribution < -0.4 is 10.5 Å². The summed E-state index contributed by atoms with van der Waals surface area (Å²) in [6.07, 6.45) is 5.74. The van der Waals surface area contributed by atoms with Gasteiger partial charge in [-0.25, -0.2) is 9.97 Å². The number of nitrogen functional groups attached to an aromatic ring is 1. The fourth-order valence-electron chi connectivity index (χ4n) is 4.66. The van der Waals surface area contributed by atoms with Gasteiger partial charge in [-0.2, -0.15) is 0 Å². The minimum atomic E-state index is -0.0232. The Morgan fingerprint density at radius 3 is 2.59 bits per heavy atom. The number of anilines is 1. The van der Waals surface area contributed by atoms with E-state index in [4.69, 9.17) is 22.1 Å². The van der Waals surface area contributed by atoms with Crippen LogP contribution in [0.5, 0.6) is 11.5 Å². The average Bonchev–Trinajstić information content (AvgIpc) is 3.48. The first-order chi connectivity index (χ1) is 17.9. The van der Waals surface area contributed by atoms with Gasteiger partial charge in [0.05, 0.1) is 11.4 Å². The molecule has 1 fully saturated rings. The van der Waals surface area contributed by atoms with Crippen molar-refractivity contribution in [1.82, 2.24) is 24.3 Å². The highest BCUT2D eigenvalue weighted by atomic mass is 35.5. The van der Waals surface area contributed by atoms with Gasteiger partial charge in [0, 0.05) is 31.3 Å². The number of fused-ring (bicyclic) bond motifs is 1. The summed E-state index contributed by atoms with van der Waals surface area (Å²) in [6, 6.07) is 17.3. The number of nitrogens with two attached hydrogens (primary N) is 1. The van der Waals surface area contributed by atoms with Crippen LogP contribution in [-0.2, 0) is 4.79 Å². The maximum atomic E-state index is 12.7. The van der Waals surface area contributed by atoms with Crippen molar-refractivity contribution in [1.29, 1.82) is 0 Å². The largest absolute Gasteiger partial charge is 0.457 e. The van der Waals surface area contributed by atoms with Crippen LogP contribution in [0.1, 0.15) is 12.5 Å². The van der Waals surface area contributed by atoms with Gasteiger partial charge in [0.25, 0.3) is 0 Å². The summed E-state index contributed by atoms with van der Waals surface area (Å²) in [5.41, 5.74) is 8.66. The standard InChI is InChI=1S/C28H29ClN6O2/c1-33(2)15-6-9-23(36)34-16-14-20(17-34)35-26(29)24(25-27(30)31-18-32-28(25)35)19-10-12-22(13-11-19)37-21-7-4-3-5-8-21/h3-13,18,20H,14-17H2,1-2H3,(H2,30,31,32)/t20-/m1/s1. The van der Waals surface area contributed by atoms with E-state index in [0.717, 1.165) is 23.3 Å². The van der Waals surface area contributed by atoms with Crippen molar-refractivity contribution in [3.05, 3.63) is 78.2 Å². The lowest BCUT2D eigenvalue weighted by Crippen LogP contribution is -2.27. The molecule has 2 aromatic carbocycles. The topological polar surface area (TPSA) is 89.5 Å². The molecule has 3 heterocycles. The normalized spacial score (nSPS) is 15.8. The van der Waals surface area contributed by atoms with E-state index in [0.29, 0.717) is 47.4 Å². The summed E-state index contributed by atoms with van der Waals surface area (Å²) in [4.78, 5) is 25.3. The van der Waals surface area contributed by atoms with Crippen LogP contribution in [0.4, 0.5) is 5.82 Å². The van der Waals surface area contributed by atoms with Crippen molar-refractivity contribution in [2.24, 2.45) is 0 Å². The number of benzene rings is 2. The molecule has 1 amide bonds. The van der Waals surface area contributed by atoms with E-state index < -0.39 is 0 Å². The number of likely N-dealkylation sites (N-methyl/N-ethyl adjacent to an activating group) is 1. The molecule has 1 saturated heterocycles. The Morgan fingerprint density at radius 2 is 1.86 bits per heavy atom. The third-order valence-corrected chi connectivity index (χ3v) is 6.82. The van der Waals surface area contributed by atoms with E-state index in [1.165, 1.54) is 6.33 Å². The second-order valence-corrected chi connectivity index (χ2v) is 9.68. The Kier molecular flexibility index (Phi) is 7.12. The van der Waals surface area contributed by atoms with Crippen molar-refractivity contribution >= 4 is 34.4 Å². The molecule has 2 aromatic heterocycles. The first-order valence-corrected chi connectivity index (χ1v) is 12.5. The summed E-state index contributed by atoms with van der Waals surface area (Å²) >= 11 is 7.04. The van der Waals surface area contributed by atoms with E-state index in [-0.39, 0.29) is 11.9 Å². The van der Waals surface area contributed by atoms with Crippen molar-refractivity contribution in [3.8, 4) is 22.6 Å². The van der Waals surface area contributed by atoms with Crippen LogP contribution in [0, 0.1) is 0 Å². The Labute approximate surface area is 220 Å². The van der Waals surface area contributed by atoms with E-state index >= 15 is 0 Å². The first-order valence-electron chi connectivity index (χ1n) is 12.2. The number of likely N-dealkylation sites (tertiary alicyclic amines) is 1. The summed E-state index contributed by atoms with van der Waals surface area (Å²) < 4.78 is 7.93. The molecule has 1 aliphatic rings. The van der Waals surface area contributed by atoms with Gasteiger partial charge in [-0.1, -0.05) is 48.0 Å². The Bertz CT molecular complexity index is 1430. The number of rotatable bonds is 7. The van der Waals surface area contributed by atoms with Crippen molar-refractivity contribution in [3.63, 3.8) is 0 Å². The number of aromatic nitrogens is 3. The first kappa shape index (κ1) is 24.8. The van der Waals surface area contributed by atoms with Gasteiger partial charge in [-0.3, -0.25) is 4.79 Å². The molecule has 9 heteroatoms. The van der Waals surface area contributed by atoms with Crippen LogP contribution in [-0.4, -0.2) is 64.0 Å². The molecule has 0 bridgehead atoms. The molecule has 0 spiro atoms. The zero-order valence-corrected chi connectivity index (χ0v) is 21.6. The summed E-state index contributed by atoms with van der Waals surface area (Å²) in [5.74, 6) is 1.84. The predicted octanol–water partition coefficient (Wildman–Crippen LogP) is 5.02. The quantitative estimate of drug-likeness (QED) is 0.347. The van der Waals surface area contributed by atoms with E-state index in [1.807, 2.05) is 89.1 Å². The molecule has 0 aliphatic carbocycles. The lowest BCUT2D eigenvalue weighted by Gasteiger charge is -2.17. The number of para-hydroxylation sites is 1. The van der Waals surface area contributed by atoms with Crippen LogP contribution in [0.2, 0.25) is 5.15 Å². The van der Waals surface area contributed by atoms with E-state index in [2.05, 4.69) is 9.97 Å². The average molecular weight is 517 g/mol. The Morgan fingerprint density at radius 1 is 1.14 bits per heavy atom. The zero-order chi connectivity index (χ0) is 25.9. The van der Waals surface area contributed by atoms with Crippen molar-refractivity contribution < 1.29 is 9.53 Å². The SMILES string of the molecule is CN(C)CC=CC(=O)N1CC[C@@H](n2c(Cl)c(-c3ccc(Oc4ccccc4)cc3)c3c(N)ncnc32)C1. The minimum absolute atomic E-state index is 0.000280. The van der Waals surface area contributed by atoms with Gasteiger partial charge >= 0.3 is 0 Å². The van der Waals surface area contributed by atoms with Gasteiger partial charge in [0.15, 0.2) is 0 Å². The highest BCUT2D eigenvalue weighted by molar-refractivity contribution is 6.35. The fourth-order valence-corrected chi connectivity index (χ4v) is 5.08. The molecule has 1 aliphatic heterocycles. The number of ether oxygens (including phenoxy) is 1. The molecule has 4 aromatic rings. The molecular formula is C28H29ClN6O2.